The van der Waals surface area contributed by atoms with E-state index >= 15 is 0 Å². The zero-order valence-corrected chi connectivity index (χ0v) is 13.1. The zero-order valence-electron chi connectivity index (χ0n) is 12.3. The van der Waals surface area contributed by atoms with Gasteiger partial charge in [-0.05, 0) is 37.9 Å². The van der Waals surface area contributed by atoms with Crippen LogP contribution in [0.5, 0.6) is 0 Å². The Kier molecular flexibility index (Phi) is 3.64. The second-order valence-corrected chi connectivity index (χ2v) is 6.66. The molecule has 2 aliphatic rings. The van der Waals surface area contributed by atoms with Crippen molar-refractivity contribution in [1.29, 1.82) is 0 Å². The molecule has 0 saturated carbocycles. The Hall–Kier alpha value is -1.06. The Morgan fingerprint density at radius 3 is 2.90 bits per heavy atom. The van der Waals surface area contributed by atoms with Crippen molar-refractivity contribution in [2.75, 3.05) is 19.0 Å². The Morgan fingerprint density at radius 1 is 1.10 bits per heavy atom. The maximum atomic E-state index is 6.02. The Bertz CT molecular complexity index is 636. The molecular formula is C17H22ClN3. The molecule has 0 amide bonds. The van der Waals surface area contributed by atoms with E-state index in [4.69, 9.17) is 16.6 Å². The van der Waals surface area contributed by atoms with Crippen LogP contribution >= 0.6 is 11.6 Å². The monoisotopic (exact) mass is 303 g/mol. The lowest BCUT2D eigenvalue weighted by Crippen LogP contribution is -2.38. The molecule has 2 aliphatic heterocycles. The lowest BCUT2D eigenvalue weighted by atomic mass is 9.98. The van der Waals surface area contributed by atoms with Gasteiger partial charge in [0.25, 0.3) is 0 Å². The van der Waals surface area contributed by atoms with E-state index in [1.54, 1.807) is 0 Å². The van der Waals surface area contributed by atoms with Crippen LogP contribution in [0.25, 0.3) is 11.0 Å². The molecule has 3 nitrogen and oxygen atoms in total. The third kappa shape index (κ3) is 2.27. The number of alkyl halides is 1. The van der Waals surface area contributed by atoms with Crippen molar-refractivity contribution in [1.82, 2.24) is 14.5 Å². The van der Waals surface area contributed by atoms with Crippen LogP contribution in [0.3, 0.4) is 0 Å². The number of nitrogens with zero attached hydrogens (tertiary/aromatic N) is 3. The summed E-state index contributed by atoms with van der Waals surface area (Å²) in [4.78, 5) is 7.53. The van der Waals surface area contributed by atoms with Crippen LogP contribution in [0.1, 0.15) is 37.5 Å². The van der Waals surface area contributed by atoms with E-state index in [0.29, 0.717) is 18.0 Å². The van der Waals surface area contributed by atoms with Gasteiger partial charge in [-0.15, -0.1) is 11.6 Å². The minimum absolute atomic E-state index is 0.580. The number of piperidine rings is 1. The van der Waals surface area contributed by atoms with Crippen LogP contribution in [0, 0.1) is 0 Å². The van der Waals surface area contributed by atoms with Gasteiger partial charge in [0.2, 0.25) is 0 Å². The highest BCUT2D eigenvalue weighted by atomic mass is 35.5. The summed E-state index contributed by atoms with van der Waals surface area (Å²) in [5, 5.41) is 0. The van der Waals surface area contributed by atoms with Crippen LogP contribution in [0.2, 0.25) is 0 Å². The normalized spacial score (nSPS) is 26.3. The van der Waals surface area contributed by atoms with Crippen LogP contribution in [0.4, 0.5) is 0 Å². The third-order valence-electron chi connectivity index (χ3n) is 5.14. The molecule has 1 aromatic heterocycles. The van der Waals surface area contributed by atoms with Crippen molar-refractivity contribution in [3.05, 3.63) is 30.1 Å². The number of hydrogen-bond donors (Lipinski definition) is 0. The fourth-order valence-corrected chi connectivity index (χ4v) is 4.42. The smallest absolute Gasteiger partial charge is 0.111 e. The number of rotatable bonds is 3. The Labute approximate surface area is 130 Å². The molecule has 112 valence electrons. The lowest BCUT2D eigenvalue weighted by Gasteiger charge is -2.33. The second kappa shape index (κ2) is 5.62. The first kappa shape index (κ1) is 13.6. The largest absolute Gasteiger partial charge is 0.323 e. The van der Waals surface area contributed by atoms with Gasteiger partial charge in [-0.2, -0.15) is 0 Å². The van der Waals surface area contributed by atoms with Crippen molar-refractivity contribution in [2.45, 2.75) is 44.2 Å². The summed E-state index contributed by atoms with van der Waals surface area (Å²) in [6, 6.07) is 9.81. The number of imidazole rings is 1. The molecular weight excluding hydrogens is 282 g/mol. The van der Waals surface area contributed by atoms with Crippen molar-refractivity contribution in [3.8, 4) is 0 Å². The molecule has 2 saturated heterocycles. The minimum atomic E-state index is 0.580. The molecule has 2 atom stereocenters. The predicted molar refractivity (Wildman–Crippen MR) is 87.0 cm³/mol. The number of fused-ring (bicyclic) bond motifs is 2. The standard InChI is InChI=1S/C17H22ClN3/c18-10-8-17-19-13-5-1-2-6-14(13)21(17)16-9-12-20-11-4-3-7-15(16)20/h1-2,5-6,15-16H,3-4,7-12H2. The third-order valence-corrected chi connectivity index (χ3v) is 5.33. The van der Waals surface area contributed by atoms with Gasteiger partial charge in [-0.1, -0.05) is 18.6 Å². The first-order valence-corrected chi connectivity index (χ1v) is 8.68. The molecule has 1 aromatic carbocycles. The number of benzene rings is 1. The predicted octanol–water partition coefficient (Wildman–Crippen LogP) is 3.62. The molecule has 0 bridgehead atoms. The molecule has 2 unspecified atom stereocenters. The van der Waals surface area contributed by atoms with Gasteiger partial charge in [0.15, 0.2) is 0 Å². The van der Waals surface area contributed by atoms with E-state index in [0.717, 1.165) is 11.9 Å². The molecule has 2 fully saturated rings. The fraction of sp³-hybridized carbons (Fsp3) is 0.588. The van der Waals surface area contributed by atoms with E-state index in [-0.39, 0.29) is 0 Å². The Balaban J connectivity index is 1.79. The van der Waals surface area contributed by atoms with Crippen LogP contribution in [-0.2, 0) is 6.42 Å². The second-order valence-electron chi connectivity index (χ2n) is 6.28. The molecule has 2 aromatic rings. The summed E-state index contributed by atoms with van der Waals surface area (Å²) in [6.07, 6.45) is 6.18. The van der Waals surface area contributed by atoms with Gasteiger partial charge in [-0.25, -0.2) is 4.98 Å². The number of hydrogen-bond acceptors (Lipinski definition) is 2. The Morgan fingerprint density at radius 2 is 2.00 bits per heavy atom. The van der Waals surface area contributed by atoms with Gasteiger partial charge in [0, 0.05) is 24.9 Å². The molecule has 21 heavy (non-hydrogen) atoms. The molecule has 0 spiro atoms. The van der Waals surface area contributed by atoms with Gasteiger partial charge in [-0.3, -0.25) is 4.90 Å². The molecule has 0 N–H and O–H groups in total. The summed E-state index contributed by atoms with van der Waals surface area (Å²) >= 11 is 6.02. The van der Waals surface area contributed by atoms with E-state index < -0.39 is 0 Å². The summed E-state index contributed by atoms with van der Waals surface area (Å²) in [7, 11) is 0. The van der Waals surface area contributed by atoms with Crippen molar-refractivity contribution in [2.24, 2.45) is 0 Å². The SMILES string of the molecule is ClCCc1nc2ccccc2n1C1CCN2CCCCC12. The maximum Gasteiger partial charge on any atom is 0.111 e. The number of aryl methyl sites for hydroxylation is 1. The van der Waals surface area contributed by atoms with E-state index in [2.05, 4.69) is 33.7 Å². The van der Waals surface area contributed by atoms with Crippen LogP contribution in [-0.4, -0.2) is 39.5 Å². The summed E-state index contributed by atoms with van der Waals surface area (Å²) in [5.74, 6) is 1.81. The maximum absolute atomic E-state index is 6.02. The lowest BCUT2D eigenvalue weighted by molar-refractivity contribution is 0.173. The zero-order chi connectivity index (χ0) is 14.2. The van der Waals surface area contributed by atoms with Gasteiger partial charge < -0.3 is 4.57 Å². The van der Waals surface area contributed by atoms with Gasteiger partial charge >= 0.3 is 0 Å². The molecule has 3 heterocycles. The summed E-state index contributed by atoms with van der Waals surface area (Å²) in [6.45, 7) is 2.51. The minimum Gasteiger partial charge on any atom is -0.323 e. The average Bonchev–Trinajstić information content (AvgIpc) is 3.08. The van der Waals surface area contributed by atoms with Gasteiger partial charge in [0.05, 0.1) is 17.1 Å². The quantitative estimate of drug-likeness (QED) is 0.808. The first-order chi connectivity index (χ1) is 10.4. The average molecular weight is 304 g/mol. The highest BCUT2D eigenvalue weighted by molar-refractivity contribution is 6.17. The molecule has 0 aliphatic carbocycles. The fourth-order valence-electron chi connectivity index (χ4n) is 4.25. The number of para-hydroxylation sites is 2. The van der Waals surface area contributed by atoms with E-state index in [9.17, 15) is 0 Å². The first-order valence-electron chi connectivity index (χ1n) is 8.14. The van der Waals surface area contributed by atoms with Crippen molar-refractivity contribution in [3.63, 3.8) is 0 Å². The highest BCUT2D eigenvalue weighted by Crippen LogP contribution is 2.37. The van der Waals surface area contributed by atoms with Crippen molar-refractivity contribution < 1.29 is 0 Å². The summed E-state index contributed by atoms with van der Waals surface area (Å²) < 4.78 is 2.51. The topological polar surface area (TPSA) is 21.1 Å². The van der Waals surface area contributed by atoms with E-state index in [1.165, 1.54) is 50.1 Å². The number of halogens is 1. The van der Waals surface area contributed by atoms with Crippen LogP contribution in [0.15, 0.2) is 24.3 Å². The summed E-state index contributed by atoms with van der Waals surface area (Å²) in [5.41, 5.74) is 2.40. The molecule has 4 heteroatoms. The van der Waals surface area contributed by atoms with Crippen LogP contribution < -0.4 is 0 Å². The molecule has 4 rings (SSSR count). The number of aromatic nitrogens is 2. The highest BCUT2D eigenvalue weighted by Gasteiger charge is 2.37. The van der Waals surface area contributed by atoms with Gasteiger partial charge in [0.1, 0.15) is 5.82 Å². The van der Waals surface area contributed by atoms with E-state index in [1.807, 2.05) is 0 Å². The van der Waals surface area contributed by atoms with Crippen molar-refractivity contribution >= 4 is 22.6 Å². The molecule has 0 radical (unpaired) electrons.